The Morgan fingerprint density at radius 3 is 2.87 bits per heavy atom. The van der Waals surface area contributed by atoms with Crippen molar-refractivity contribution in [2.24, 2.45) is 5.92 Å². The Balaban J connectivity index is 2.57. The van der Waals surface area contributed by atoms with Crippen LogP contribution < -0.4 is 5.32 Å². The number of aromatic nitrogens is 1. The van der Waals surface area contributed by atoms with E-state index < -0.39 is 0 Å². The number of hydrogen-bond donors (Lipinski definition) is 1. The Labute approximate surface area is 94.9 Å². The molecule has 1 aromatic rings. The molecule has 0 aliphatic rings. The molecule has 0 radical (unpaired) electrons. The number of carbonyl (C=O) groups is 1. The van der Waals surface area contributed by atoms with Crippen LogP contribution in [0.3, 0.4) is 0 Å². The largest absolute Gasteiger partial charge is 0.349 e. The van der Waals surface area contributed by atoms with Gasteiger partial charge in [0.1, 0.15) is 0 Å². The maximum Gasteiger partial charge on any atom is 0.253 e. The molecule has 0 aliphatic heterocycles. The van der Waals surface area contributed by atoms with Crippen LogP contribution in [0.2, 0.25) is 0 Å². The van der Waals surface area contributed by atoms with E-state index in [0.717, 1.165) is 0 Å². The molecular formula is C11H15ClN2O. The number of carbonyl (C=O) groups excluding carboxylic acids is 1. The number of amides is 1. The van der Waals surface area contributed by atoms with E-state index in [1.807, 2.05) is 13.8 Å². The van der Waals surface area contributed by atoms with Gasteiger partial charge in [-0.1, -0.05) is 6.92 Å². The highest BCUT2D eigenvalue weighted by Crippen LogP contribution is 2.05. The van der Waals surface area contributed by atoms with Crippen molar-refractivity contribution < 1.29 is 4.79 Å². The SMILES string of the molecule is CC(CCl)C(C)NC(=O)c1cccnc1. The molecule has 1 rings (SSSR count). The van der Waals surface area contributed by atoms with E-state index in [1.165, 1.54) is 0 Å². The zero-order chi connectivity index (χ0) is 11.3. The van der Waals surface area contributed by atoms with E-state index in [-0.39, 0.29) is 17.9 Å². The van der Waals surface area contributed by atoms with E-state index in [4.69, 9.17) is 11.6 Å². The Morgan fingerprint density at radius 1 is 1.60 bits per heavy atom. The topological polar surface area (TPSA) is 42.0 Å². The molecule has 0 aromatic carbocycles. The second-order valence-electron chi connectivity index (χ2n) is 3.64. The molecule has 0 fully saturated rings. The van der Waals surface area contributed by atoms with Gasteiger partial charge in [0, 0.05) is 24.3 Å². The highest BCUT2D eigenvalue weighted by Gasteiger charge is 2.14. The molecule has 0 saturated heterocycles. The lowest BCUT2D eigenvalue weighted by atomic mass is 10.1. The fraction of sp³-hybridized carbons (Fsp3) is 0.455. The van der Waals surface area contributed by atoms with Gasteiger partial charge in [-0.25, -0.2) is 0 Å². The summed E-state index contributed by atoms with van der Waals surface area (Å²) < 4.78 is 0. The Bertz CT molecular complexity index is 316. The molecule has 0 saturated carbocycles. The van der Waals surface area contributed by atoms with Crippen LogP contribution in [-0.4, -0.2) is 22.8 Å². The lowest BCUT2D eigenvalue weighted by Crippen LogP contribution is -2.37. The van der Waals surface area contributed by atoms with Crippen LogP contribution in [-0.2, 0) is 0 Å². The standard InChI is InChI=1S/C11H15ClN2O/c1-8(6-12)9(2)14-11(15)10-4-3-5-13-7-10/h3-5,7-9H,6H2,1-2H3,(H,14,15). The number of rotatable bonds is 4. The fourth-order valence-electron chi connectivity index (χ4n) is 1.06. The maximum atomic E-state index is 11.7. The molecule has 1 heterocycles. The predicted molar refractivity (Wildman–Crippen MR) is 61.0 cm³/mol. The minimum absolute atomic E-state index is 0.0650. The summed E-state index contributed by atoms with van der Waals surface area (Å²) in [6.45, 7) is 3.95. The van der Waals surface area contributed by atoms with Crippen LogP contribution >= 0.6 is 11.6 Å². The molecule has 1 N–H and O–H groups in total. The summed E-state index contributed by atoms with van der Waals surface area (Å²) in [4.78, 5) is 15.6. The van der Waals surface area contributed by atoms with Gasteiger partial charge in [0.15, 0.2) is 0 Å². The maximum absolute atomic E-state index is 11.7. The van der Waals surface area contributed by atoms with E-state index in [1.54, 1.807) is 24.5 Å². The number of alkyl halides is 1. The van der Waals surface area contributed by atoms with Gasteiger partial charge in [-0.2, -0.15) is 0 Å². The van der Waals surface area contributed by atoms with Crippen molar-refractivity contribution in [1.82, 2.24) is 10.3 Å². The first-order valence-electron chi connectivity index (χ1n) is 4.92. The van der Waals surface area contributed by atoms with E-state index >= 15 is 0 Å². The third-order valence-corrected chi connectivity index (χ3v) is 2.87. The van der Waals surface area contributed by atoms with Crippen LogP contribution in [0.4, 0.5) is 0 Å². The lowest BCUT2D eigenvalue weighted by molar-refractivity contribution is 0.0930. The second-order valence-corrected chi connectivity index (χ2v) is 3.94. The average Bonchev–Trinajstić information content (AvgIpc) is 2.29. The van der Waals surface area contributed by atoms with Gasteiger partial charge in [0.05, 0.1) is 5.56 Å². The van der Waals surface area contributed by atoms with Crippen LogP contribution in [0.1, 0.15) is 24.2 Å². The number of nitrogens with zero attached hydrogens (tertiary/aromatic N) is 1. The molecule has 15 heavy (non-hydrogen) atoms. The van der Waals surface area contributed by atoms with Crippen molar-refractivity contribution in [3.63, 3.8) is 0 Å². The molecule has 1 aromatic heterocycles. The van der Waals surface area contributed by atoms with E-state index in [0.29, 0.717) is 11.4 Å². The molecule has 0 spiro atoms. The van der Waals surface area contributed by atoms with Crippen LogP contribution in [0.25, 0.3) is 0 Å². The highest BCUT2D eigenvalue weighted by atomic mass is 35.5. The van der Waals surface area contributed by atoms with Gasteiger partial charge in [0.25, 0.3) is 5.91 Å². The molecule has 0 aliphatic carbocycles. The summed E-state index contributed by atoms with van der Waals surface area (Å²) in [5.41, 5.74) is 0.575. The van der Waals surface area contributed by atoms with Crippen molar-refractivity contribution in [2.75, 3.05) is 5.88 Å². The van der Waals surface area contributed by atoms with Crippen molar-refractivity contribution in [3.05, 3.63) is 30.1 Å². The molecular weight excluding hydrogens is 212 g/mol. The first kappa shape index (κ1) is 12.0. The molecule has 0 bridgehead atoms. The number of pyridine rings is 1. The monoisotopic (exact) mass is 226 g/mol. The third kappa shape index (κ3) is 3.51. The Morgan fingerprint density at radius 2 is 2.33 bits per heavy atom. The number of halogens is 1. The predicted octanol–water partition coefficient (Wildman–Crippen LogP) is 2.07. The lowest BCUT2D eigenvalue weighted by Gasteiger charge is -2.18. The minimum atomic E-state index is -0.104. The van der Waals surface area contributed by atoms with Gasteiger partial charge < -0.3 is 5.32 Å². The van der Waals surface area contributed by atoms with Gasteiger partial charge in [-0.05, 0) is 25.0 Å². The van der Waals surface area contributed by atoms with Gasteiger partial charge in [-0.15, -0.1) is 11.6 Å². The van der Waals surface area contributed by atoms with Crippen molar-refractivity contribution in [3.8, 4) is 0 Å². The molecule has 82 valence electrons. The van der Waals surface area contributed by atoms with Crippen LogP contribution in [0, 0.1) is 5.92 Å². The summed E-state index contributed by atoms with van der Waals surface area (Å²) in [6, 6.07) is 3.54. The minimum Gasteiger partial charge on any atom is -0.349 e. The summed E-state index contributed by atoms with van der Waals surface area (Å²) in [6.07, 6.45) is 3.19. The smallest absolute Gasteiger partial charge is 0.253 e. The second kappa shape index (κ2) is 5.71. The average molecular weight is 227 g/mol. The van der Waals surface area contributed by atoms with Crippen molar-refractivity contribution in [2.45, 2.75) is 19.9 Å². The number of hydrogen-bond acceptors (Lipinski definition) is 2. The van der Waals surface area contributed by atoms with E-state index in [9.17, 15) is 4.79 Å². The molecule has 2 unspecified atom stereocenters. The summed E-state index contributed by atoms with van der Waals surface area (Å²) in [5, 5.41) is 2.88. The molecule has 1 amide bonds. The van der Waals surface area contributed by atoms with Gasteiger partial charge in [0.2, 0.25) is 0 Å². The Hall–Kier alpha value is -1.09. The zero-order valence-electron chi connectivity index (χ0n) is 8.90. The Kier molecular flexibility index (Phi) is 4.56. The highest BCUT2D eigenvalue weighted by molar-refractivity contribution is 6.18. The summed E-state index contributed by atoms with van der Waals surface area (Å²) in [5.74, 6) is 0.689. The summed E-state index contributed by atoms with van der Waals surface area (Å²) in [7, 11) is 0. The molecule has 2 atom stereocenters. The normalized spacial score (nSPS) is 14.3. The fourth-order valence-corrected chi connectivity index (χ4v) is 1.33. The van der Waals surface area contributed by atoms with Crippen LogP contribution in [0.5, 0.6) is 0 Å². The first-order valence-corrected chi connectivity index (χ1v) is 5.45. The summed E-state index contributed by atoms with van der Waals surface area (Å²) >= 11 is 5.71. The third-order valence-electron chi connectivity index (χ3n) is 2.38. The zero-order valence-corrected chi connectivity index (χ0v) is 9.66. The van der Waals surface area contributed by atoms with Crippen molar-refractivity contribution >= 4 is 17.5 Å². The molecule has 3 nitrogen and oxygen atoms in total. The first-order chi connectivity index (χ1) is 7.15. The number of nitrogens with one attached hydrogen (secondary N) is 1. The van der Waals surface area contributed by atoms with Gasteiger partial charge in [-0.3, -0.25) is 9.78 Å². The van der Waals surface area contributed by atoms with Crippen molar-refractivity contribution in [1.29, 1.82) is 0 Å². The molecule has 4 heteroatoms. The van der Waals surface area contributed by atoms with Gasteiger partial charge >= 0.3 is 0 Å². The van der Waals surface area contributed by atoms with Crippen LogP contribution in [0.15, 0.2) is 24.5 Å². The quantitative estimate of drug-likeness (QED) is 0.799. The van der Waals surface area contributed by atoms with E-state index in [2.05, 4.69) is 10.3 Å².